The standard InChI is InChI=1S/C61H88O5/c1-3-5-7-9-11-13-15-17-19-21-23-25-27-28-29-30-31-32-34-36-38-40-42-44-46-48-50-52-54-56-61(64)66-59(57-62)58-65-60(63)55-53-51-49-47-45-43-41-39-37-35-33-26-24-22-20-18-16-14-12-10-8-6-4-2/h5-8,11-14,17-20,23-26,28-29,31-32,35-38,41-44,47-50,59,62H,3-4,9-10,15-16,21-22,27,30,33-34,39-40,45-46,51-58H2,1-2H3/b7-5-,8-6-,13-11-,14-12-,19-17-,20-18-,25-23-,26-24-,29-28-,32-31-,37-35-,38-36-,43-41-,44-42-,49-47-,50-48-. The zero-order valence-corrected chi connectivity index (χ0v) is 41.1. The zero-order valence-electron chi connectivity index (χ0n) is 41.1. The van der Waals surface area contributed by atoms with E-state index in [1.54, 1.807) is 0 Å². The molecule has 0 radical (unpaired) electrons. The van der Waals surface area contributed by atoms with E-state index in [4.69, 9.17) is 9.47 Å². The van der Waals surface area contributed by atoms with Crippen LogP contribution in [0.15, 0.2) is 194 Å². The highest BCUT2D eigenvalue weighted by molar-refractivity contribution is 5.70. The lowest BCUT2D eigenvalue weighted by atomic mass is 10.2. The van der Waals surface area contributed by atoms with Crippen LogP contribution in [-0.4, -0.2) is 36.4 Å². The van der Waals surface area contributed by atoms with E-state index in [0.717, 1.165) is 116 Å². The molecule has 66 heavy (non-hydrogen) atoms. The van der Waals surface area contributed by atoms with Gasteiger partial charge in [-0.2, -0.15) is 0 Å². The van der Waals surface area contributed by atoms with E-state index in [-0.39, 0.29) is 32.0 Å². The maximum Gasteiger partial charge on any atom is 0.306 e. The van der Waals surface area contributed by atoms with Gasteiger partial charge in [-0.3, -0.25) is 9.59 Å². The molecular weight excluding hydrogens is 813 g/mol. The van der Waals surface area contributed by atoms with Crippen molar-refractivity contribution in [3.05, 3.63) is 194 Å². The van der Waals surface area contributed by atoms with Crippen LogP contribution in [0.3, 0.4) is 0 Å². The van der Waals surface area contributed by atoms with Crippen molar-refractivity contribution in [2.24, 2.45) is 0 Å². The van der Waals surface area contributed by atoms with Crippen molar-refractivity contribution in [1.29, 1.82) is 0 Å². The second-order valence-electron chi connectivity index (χ2n) is 15.4. The monoisotopic (exact) mass is 901 g/mol. The van der Waals surface area contributed by atoms with Crippen LogP contribution in [0.4, 0.5) is 0 Å². The summed E-state index contributed by atoms with van der Waals surface area (Å²) in [7, 11) is 0. The first kappa shape index (κ1) is 60.7. The number of rotatable bonds is 42. The molecule has 0 aromatic heterocycles. The molecule has 0 aliphatic heterocycles. The Morgan fingerprint density at radius 3 is 0.818 bits per heavy atom. The quantitative estimate of drug-likeness (QED) is 0.0375. The van der Waals surface area contributed by atoms with E-state index in [1.807, 2.05) is 0 Å². The molecule has 0 heterocycles. The molecule has 0 aliphatic carbocycles. The molecule has 1 atom stereocenters. The number of aliphatic hydroxyl groups excluding tert-OH is 1. The van der Waals surface area contributed by atoms with Gasteiger partial charge in [0.2, 0.25) is 0 Å². The molecule has 0 spiro atoms. The molecule has 5 nitrogen and oxygen atoms in total. The van der Waals surface area contributed by atoms with E-state index < -0.39 is 12.1 Å². The van der Waals surface area contributed by atoms with Gasteiger partial charge in [0.1, 0.15) is 6.61 Å². The summed E-state index contributed by atoms with van der Waals surface area (Å²) in [6.45, 7) is 3.78. The molecule has 5 heteroatoms. The summed E-state index contributed by atoms with van der Waals surface area (Å²) in [6, 6.07) is 0. The maximum absolute atomic E-state index is 12.2. The molecule has 0 amide bonds. The topological polar surface area (TPSA) is 72.8 Å². The van der Waals surface area contributed by atoms with Crippen molar-refractivity contribution in [1.82, 2.24) is 0 Å². The Hall–Kier alpha value is -5.26. The normalized spacial score (nSPS) is 13.9. The largest absolute Gasteiger partial charge is 0.462 e. The average Bonchev–Trinajstić information content (AvgIpc) is 3.32. The SMILES string of the molecule is CC/C=C\C/C=C\C/C=C\C/C=C\C/C=C\C/C=C\C/C=C\C/C=C\C/C=C\CCCC(=O)OC(CO)COC(=O)CCC/C=C\C/C=C\C/C=C\C/C=C\C/C=C\C/C=C\C/C=C\CC. The van der Waals surface area contributed by atoms with Crippen LogP contribution in [0.1, 0.15) is 155 Å². The van der Waals surface area contributed by atoms with Crippen molar-refractivity contribution >= 4 is 11.9 Å². The molecule has 0 bridgehead atoms. The maximum atomic E-state index is 12.2. The number of esters is 2. The van der Waals surface area contributed by atoms with Crippen LogP contribution >= 0.6 is 0 Å². The van der Waals surface area contributed by atoms with Gasteiger partial charge in [-0.15, -0.1) is 0 Å². The molecule has 0 saturated heterocycles. The third kappa shape index (κ3) is 51.4. The predicted octanol–water partition coefficient (Wildman–Crippen LogP) is 17.0. The Morgan fingerprint density at radius 1 is 0.348 bits per heavy atom. The van der Waals surface area contributed by atoms with Crippen LogP contribution in [0.5, 0.6) is 0 Å². The van der Waals surface area contributed by atoms with Crippen LogP contribution in [0, 0.1) is 0 Å². The van der Waals surface area contributed by atoms with Crippen molar-refractivity contribution in [2.75, 3.05) is 13.2 Å². The average molecular weight is 901 g/mol. The van der Waals surface area contributed by atoms with Gasteiger partial charge in [0.25, 0.3) is 0 Å². The molecule has 0 aliphatic rings. The number of unbranched alkanes of at least 4 members (excludes halogenated alkanes) is 2. The van der Waals surface area contributed by atoms with Gasteiger partial charge in [-0.1, -0.05) is 208 Å². The first-order chi connectivity index (χ1) is 32.6. The van der Waals surface area contributed by atoms with Gasteiger partial charge in [0.05, 0.1) is 6.61 Å². The number of aliphatic hydroxyl groups is 1. The summed E-state index contributed by atoms with van der Waals surface area (Å²) in [5.74, 6) is -0.753. The summed E-state index contributed by atoms with van der Waals surface area (Å²) in [4.78, 5) is 24.4. The van der Waals surface area contributed by atoms with E-state index in [0.29, 0.717) is 12.8 Å². The Morgan fingerprint density at radius 2 is 0.576 bits per heavy atom. The lowest BCUT2D eigenvalue weighted by Crippen LogP contribution is -2.28. The van der Waals surface area contributed by atoms with Crippen LogP contribution in [-0.2, 0) is 19.1 Å². The fraction of sp³-hybridized carbons (Fsp3) is 0.443. The molecule has 0 rings (SSSR count). The number of hydrogen-bond acceptors (Lipinski definition) is 5. The number of allylic oxidation sites excluding steroid dienone is 32. The van der Waals surface area contributed by atoms with Gasteiger partial charge in [-0.05, 0) is 128 Å². The molecule has 1 unspecified atom stereocenters. The Kier molecular flexibility index (Phi) is 49.8. The zero-order chi connectivity index (χ0) is 47.7. The third-order valence-corrected chi connectivity index (χ3v) is 9.38. The van der Waals surface area contributed by atoms with Crippen LogP contribution < -0.4 is 0 Å². The molecule has 0 aromatic carbocycles. The highest BCUT2D eigenvalue weighted by atomic mass is 16.6. The number of carbonyl (C=O) groups is 2. The number of carbonyl (C=O) groups excluding carboxylic acids is 2. The highest BCUT2D eigenvalue weighted by Gasteiger charge is 2.15. The second kappa shape index (κ2) is 54.1. The van der Waals surface area contributed by atoms with Crippen molar-refractivity contribution in [2.45, 2.75) is 161 Å². The first-order valence-corrected chi connectivity index (χ1v) is 25.0. The van der Waals surface area contributed by atoms with Crippen molar-refractivity contribution in [3.63, 3.8) is 0 Å². The van der Waals surface area contributed by atoms with Gasteiger partial charge in [0, 0.05) is 12.8 Å². The van der Waals surface area contributed by atoms with E-state index >= 15 is 0 Å². The predicted molar refractivity (Wildman–Crippen MR) is 287 cm³/mol. The van der Waals surface area contributed by atoms with Crippen LogP contribution in [0.2, 0.25) is 0 Å². The van der Waals surface area contributed by atoms with E-state index in [2.05, 4.69) is 208 Å². The molecule has 0 saturated carbocycles. The Bertz CT molecular complexity index is 1630. The minimum absolute atomic E-state index is 0.135. The number of hydrogen-bond donors (Lipinski definition) is 1. The van der Waals surface area contributed by atoms with Gasteiger partial charge >= 0.3 is 11.9 Å². The van der Waals surface area contributed by atoms with Crippen LogP contribution in [0.25, 0.3) is 0 Å². The minimum atomic E-state index is -0.844. The minimum Gasteiger partial charge on any atom is -0.462 e. The van der Waals surface area contributed by atoms with Gasteiger partial charge in [0.15, 0.2) is 6.10 Å². The van der Waals surface area contributed by atoms with Gasteiger partial charge in [-0.25, -0.2) is 0 Å². The van der Waals surface area contributed by atoms with Crippen molar-refractivity contribution in [3.8, 4) is 0 Å². The molecule has 1 N–H and O–H groups in total. The summed E-state index contributed by atoms with van der Waals surface area (Å²) in [6.07, 6.45) is 88.1. The van der Waals surface area contributed by atoms with Gasteiger partial charge < -0.3 is 14.6 Å². The lowest BCUT2D eigenvalue weighted by molar-refractivity contribution is -0.161. The molecule has 0 fully saturated rings. The Balaban J connectivity index is 3.82. The fourth-order valence-electron chi connectivity index (χ4n) is 5.72. The first-order valence-electron chi connectivity index (χ1n) is 25.0. The molecular formula is C61H88O5. The second-order valence-corrected chi connectivity index (χ2v) is 15.4. The molecule has 0 aromatic rings. The summed E-state index contributed by atoms with van der Waals surface area (Å²) in [5.41, 5.74) is 0. The summed E-state index contributed by atoms with van der Waals surface area (Å²) >= 11 is 0. The summed E-state index contributed by atoms with van der Waals surface area (Å²) < 4.78 is 10.6. The number of ether oxygens (including phenoxy) is 2. The lowest BCUT2D eigenvalue weighted by Gasteiger charge is -2.15. The molecule has 362 valence electrons. The summed E-state index contributed by atoms with van der Waals surface area (Å²) in [5, 5.41) is 9.61. The fourth-order valence-corrected chi connectivity index (χ4v) is 5.72. The third-order valence-electron chi connectivity index (χ3n) is 9.38. The van der Waals surface area contributed by atoms with E-state index in [9.17, 15) is 14.7 Å². The highest BCUT2D eigenvalue weighted by Crippen LogP contribution is 2.06. The van der Waals surface area contributed by atoms with Crippen molar-refractivity contribution < 1.29 is 24.2 Å². The smallest absolute Gasteiger partial charge is 0.306 e. The van der Waals surface area contributed by atoms with E-state index in [1.165, 1.54) is 0 Å². The Labute approximate surface area is 403 Å².